The molecule has 3 aliphatic rings. The first-order chi connectivity index (χ1) is 7.89. The van der Waals surface area contributed by atoms with Gasteiger partial charge in [-0.2, -0.15) is 0 Å². The van der Waals surface area contributed by atoms with E-state index in [0.717, 1.165) is 19.1 Å². The van der Waals surface area contributed by atoms with Crippen molar-refractivity contribution in [3.05, 3.63) is 0 Å². The van der Waals surface area contributed by atoms with Crippen molar-refractivity contribution in [2.24, 2.45) is 5.92 Å². The van der Waals surface area contributed by atoms with Crippen molar-refractivity contribution in [2.75, 3.05) is 13.2 Å². The molecule has 0 amide bonds. The smallest absolute Gasteiger partial charge is 0.0835 e. The third-order valence-corrected chi connectivity index (χ3v) is 5.01. The quantitative estimate of drug-likeness (QED) is 0.777. The average Bonchev–Trinajstić information content (AvgIpc) is 2.27. The Labute approximate surface area is 99.1 Å². The monoisotopic (exact) mass is 223 g/mol. The first kappa shape index (κ1) is 11.0. The van der Waals surface area contributed by atoms with E-state index < -0.39 is 0 Å². The Bertz CT molecular complexity index is 223. The first-order valence-electron chi connectivity index (χ1n) is 7.26. The van der Waals surface area contributed by atoms with Gasteiger partial charge in [-0.25, -0.2) is 0 Å². The Kier molecular flexibility index (Phi) is 3.21. The summed E-state index contributed by atoms with van der Waals surface area (Å²) in [6.45, 7) is 2.00. The molecule has 92 valence electrons. The van der Waals surface area contributed by atoms with E-state index in [0.29, 0.717) is 6.04 Å². The number of nitrogens with one attached hydrogen (secondary N) is 1. The SMILES string of the molecule is C1CCC2(CC1)OCCNC2CC1CCC1. The third-order valence-electron chi connectivity index (χ3n) is 5.01. The Morgan fingerprint density at radius 3 is 2.56 bits per heavy atom. The van der Waals surface area contributed by atoms with Crippen LogP contribution in [-0.2, 0) is 4.74 Å². The molecule has 1 saturated heterocycles. The molecular formula is C14H25NO. The molecule has 2 aliphatic carbocycles. The Morgan fingerprint density at radius 1 is 1.06 bits per heavy atom. The van der Waals surface area contributed by atoms with Crippen LogP contribution in [0.15, 0.2) is 0 Å². The van der Waals surface area contributed by atoms with Crippen molar-refractivity contribution in [1.82, 2.24) is 5.32 Å². The average molecular weight is 223 g/mol. The molecule has 0 bridgehead atoms. The number of morpholine rings is 1. The molecule has 1 heterocycles. The van der Waals surface area contributed by atoms with Crippen LogP contribution in [0.25, 0.3) is 0 Å². The molecular weight excluding hydrogens is 198 g/mol. The predicted octanol–water partition coefficient (Wildman–Crippen LogP) is 2.87. The predicted molar refractivity (Wildman–Crippen MR) is 65.5 cm³/mol. The second-order valence-corrected chi connectivity index (χ2v) is 6.01. The molecule has 3 fully saturated rings. The van der Waals surface area contributed by atoms with Crippen molar-refractivity contribution in [2.45, 2.75) is 69.4 Å². The molecule has 2 nitrogen and oxygen atoms in total. The number of hydrogen-bond acceptors (Lipinski definition) is 2. The first-order valence-corrected chi connectivity index (χ1v) is 7.26. The summed E-state index contributed by atoms with van der Waals surface area (Å²) in [7, 11) is 0. The van der Waals surface area contributed by atoms with E-state index in [1.54, 1.807) is 0 Å². The largest absolute Gasteiger partial charge is 0.372 e. The molecule has 0 aromatic rings. The van der Waals surface area contributed by atoms with E-state index >= 15 is 0 Å². The normalized spacial score (nSPS) is 34.9. The fourth-order valence-electron chi connectivity index (χ4n) is 3.78. The molecule has 2 heteroatoms. The lowest BCUT2D eigenvalue weighted by Gasteiger charge is -2.48. The van der Waals surface area contributed by atoms with Gasteiger partial charge in [0.05, 0.1) is 12.2 Å². The molecule has 0 aromatic heterocycles. The van der Waals surface area contributed by atoms with E-state index in [1.165, 1.54) is 57.8 Å². The Morgan fingerprint density at radius 2 is 1.88 bits per heavy atom. The second kappa shape index (κ2) is 4.66. The van der Waals surface area contributed by atoms with E-state index in [-0.39, 0.29) is 5.60 Å². The molecule has 1 unspecified atom stereocenters. The summed E-state index contributed by atoms with van der Waals surface area (Å²) in [6.07, 6.45) is 12.6. The van der Waals surface area contributed by atoms with Gasteiger partial charge in [0.1, 0.15) is 0 Å². The highest BCUT2D eigenvalue weighted by atomic mass is 16.5. The molecule has 1 atom stereocenters. The van der Waals surface area contributed by atoms with E-state index in [9.17, 15) is 0 Å². The van der Waals surface area contributed by atoms with Crippen molar-refractivity contribution in [3.8, 4) is 0 Å². The maximum absolute atomic E-state index is 6.23. The van der Waals surface area contributed by atoms with Crippen LogP contribution >= 0.6 is 0 Å². The molecule has 16 heavy (non-hydrogen) atoms. The molecule has 2 saturated carbocycles. The lowest BCUT2D eigenvalue weighted by atomic mass is 9.72. The summed E-state index contributed by atoms with van der Waals surface area (Å²) >= 11 is 0. The van der Waals surface area contributed by atoms with E-state index in [4.69, 9.17) is 4.74 Å². The minimum atomic E-state index is 0.228. The highest BCUT2D eigenvalue weighted by Crippen LogP contribution is 2.41. The zero-order chi connectivity index (χ0) is 10.8. The summed E-state index contributed by atoms with van der Waals surface area (Å²) in [5.74, 6) is 0.998. The standard InChI is InChI=1S/C14H25NO/c1-2-7-14(8-3-1)13(15-9-10-16-14)11-12-5-4-6-12/h12-13,15H,1-11H2. The number of ether oxygens (including phenoxy) is 1. The minimum absolute atomic E-state index is 0.228. The maximum Gasteiger partial charge on any atom is 0.0835 e. The molecule has 1 N–H and O–H groups in total. The van der Waals surface area contributed by atoms with Crippen LogP contribution in [0.5, 0.6) is 0 Å². The van der Waals surface area contributed by atoms with Gasteiger partial charge in [-0.3, -0.25) is 0 Å². The van der Waals surface area contributed by atoms with Crippen LogP contribution in [0.2, 0.25) is 0 Å². The lowest BCUT2D eigenvalue weighted by molar-refractivity contribution is -0.123. The van der Waals surface area contributed by atoms with Crippen molar-refractivity contribution >= 4 is 0 Å². The summed E-state index contributed by atoms with van der Waals surface area (Å²) < 4.78 is 6.23. The van der Waals surface area contributed by atoms with Gasteiger partial charge in [0.15, 0.2) is 0 Å². The fraction of sp³-hybridized carbons (Fsp3) is 1.00. The van der Waals surface area contributed by atoms with Gasteiger partial charge in [0, 0.05) is 12.6 Å². The maximum atomic E-state index is 6.23. The van der Waals surface area contributed by atoms with Crippen LogP contribution < -0.4 is 5.32 Å². The summed E-state index contributed by atoms with van der Waals surface area (Å²) in [6, 6.07) is 0.659. The van der Waals surface area contributed by atoms with Crippen LogP contribution in [0, 0.1) is 5.92 Å². The van der Waals surface area contributed by atoms with Crippen LogP contribution in [-0.4, -0.2) is 24.8 Å². The Balaban J connectivity index is 1.66. The van der Waals surface area contributed by atoms with Crippen LogP contribution in [0.1, 0.15) is 57.8 Å². The van der Waals surface area contributed by atoms with E-state index in [1.807, 2.05) is 0 Å². The van der Waals surface area contributed by atoms with Crippen molar-refractivity contribution in [1.29, 1.82) is 0 Å². The topological polar surface area (TPSA) is 21.3 Å². The van der Waals surface area contributed by atoms with Crippen LogP contribution in [0.4, 0.5) is 0 Å². The molecule has 3 rings (SSSR count). The zero-order valence-electron chi connectivity index (χ0n) is 10.3. The fourth-order valence-corrected chi connectivity index (χ4v) is 3.78. The van der Waals surface area contributed by atoms with Gasteiger partial charge >= 0.3 is 0 Å². The lowest BCUT2D eigenvalue weighted by Crippen LogP contribution is -2.59. The Hall–Kier alpha value is -0.0800. The van der Waals surface area contributed by atoms with Crippen molar-refractivity contribution < 1.29 is 4.74 Å². The second-order valence-electron chi connectivity index (χ2n) is 6.01. The van der Waals surface area contributed by atoms with Gasteiger partial charge in [-0.15, -0.1) is 0 Å². The van der Waals surface area contributed by atoms with Crippen molar-refractivity contribution in [3.63, 3.8) is 0 Å². The third kappa shape index (κ3) is 2.02. The van der Waals surface area contributed by atoms with Gasteiger partial charge in [-0.1, -0.05) is 38.5 Å². The van der Waals surface area contributed by atoms with Crippen LogP contribution in [0.3, 0.4) is 0 Å². The number of hydrogen-bond donors (Lipinski definition) is 1. The van der Waals surface area contributed by atoms with Gasteiger partial charge in [0.25, 0.3) is 0 Å². The van der Waals surface area contributed by atoms with Gasteiger partial charge < -0.3 is 10.1 Å². The molecule has 0 aromatic carbocycles. The molecule has 0 radical (unpaired) electrons. The summed E-state index contributed by atoms with van der Waals surface area (Å²) in [5, 5.41) is 3.75. The number of rotatable bonds is 2. The van der Waals surface area contributed by atoms with Gasteiger partial charge in [0.2, 0.25) is 0 Å². The summed E-state index contributed by atoms with van der Waals surface area (Å²) in [5.41, 5.74) is 0.228. The molecule has 1 aliphatic heterocycles. The highest BCUT2D eigenvalue weighted by Gasteiger charge is 2.43. The van der Waals surface area contributed by atoms with E-state index in [2.05, 4.69) is 5.32 Å². The zero-order valence-corrected chi connectivity index (χ0v) is 10.3. The highest BCUT2D eigenvalue weighted by molar-refractivity contribution is 4.99. The summed E-state index contributed by atoms with van der Waals surface area (Å²) in [4.78, 5) is 0. The minimum Gasteiger partial charge on any atom is -0.372 e. The molecule has 1 spiro atoms. The van der Waals surface area contributed by atoms with Gasteiger partial charge in [-0.05, 0) is 25.2 Å².